The summed E-state index contributed by atoms with van der Waals surface area (Å²) in [5.41, 5.74) is 6.56. The zero-order valence-electron chi connectivity index (χ0n) is 16.5. The Morgan fingerprint density at radius 1 is 1.16 bits per heavy atom. The van der Waals surface area contributed by atoms with Gasteiger partial charge in [-0.3, -0.25) is 23.9 Å². The van der Waals surface area contributed by atoms with E-state index in [1.165, 1.54) is 12.5 Å². The van der Waals surface area contributed by atoms with Gasteiger partial charge in [-0.25, -0.2) is 9.97 Å². The number of carbonyl (C=O) groups is 3. The number of amides is 2. The van der Waals surface area contributed by atoms with Crippen LogP contribution in [0, 0.1) is 6.92 Å². The average molecular weight is 418 g/mol. The van der Waals surface area contributed by atoms with Gasteiger partial charge in [-0.05, 0) is 25.1 Å². The number of aryl methyl sites for hydroxylation is 1. The van der Waals surface area contributed by atoms with Crippen LogP contribution in [0.15, 0.2) is 59.7 Å². The van der Waals surface area contributed by atoms with E-state index < -0.39 is 23.6 Å². The highest BCUT2D eigenvalue weighted by Crippen LogP contribution is 2.21. The Morgan fingerprint density at radius 2 is 2.00 bits per heavy atom. The van der Waals surface area contributed by atoms with E-state index in [1.807, 2.05) is 0 Å². The van der Waals surface area contributed by atoms with Crippen molar-refractivity contribution in [2.45, 2.75) is 19.4 Å². The molecular weight excluding hydrogens is 400 g/mol. The van der Waals surface area contributed by atoms with Crippen LogP contribution < -0.4 is 11.1 Å². The minimum Gasteiger partial charge on any atom is -0.464 e. The van der Waals surface area contributed by atoms with Crippen molar-refractivity contribution in [2.24, 2.45) is 5.73 Å². The van der Waals surface area contributed by atoms with Crippen LogP contribution in [0.5, 0.6) is 0 Å². The summed E-state index contributed by atoms with van der Waals surface area (Å²) >= 11 is 0. The summed E-state index contributed by atoms with van der Waals surface area (Å²) in [6, 6.07) is 5.74. The second kappa shape index (κ2) is 8.19. The third-order valence-electron chi connectivity index (χ3n) is 4.79. The van der Waals surface area contributed by atoms with Crippen molar-refractivity contribution >= 4 is 28.6 Å². The van der Waals surface area contributed by atoms with Gasteiger partial charge >= 0.3 is 0 Å². The number of hydrogen-bond donors (Lipinski definition) is 2. The van der Waals surface area contributed by atoms with Crippen molar-refractivity contribution in [1.82, 2.24) is 24.8 Å². The molecule has 31 heavy (non-hydrogen) atoms. The van der Waals surface area contributed by atoms with E-state index in [-0.39, 0.29) is 12.1 Å². The van der Waals surface area contributed by atoms with Crippen molar-refractivity contribution in [3.05, 3.63) is 72.4 Å². The number of nitrogens with one attached hydrogen (secondary N) is 1. The number of imidazole rings is 1. The van der Waals surface area contributed by atoms with E-state index in [0.29, 0.717) is 28.2 Å². The van der Waals surface area contributed by atoms with Crippen molar-refractivity contribution in [1.29, 1.82) is 0 Å². The Morgan fingerprint density at radius 3 is 2.74 bits per heavy atom. The van der Waals surface area contributed by atoms with Crippen molar-refractivity contribution < 1.29 is 18.8 Å². The maximum Gasteiger partial charge on any atom is 0.287 e. The molecule has 0 aromatic carbocycles. The molecule has 1 atom stereocenters. The predicted molar refractivity (Wildman–Crippen MR) is 109 cm³/mol. The van der Waals surface area contributed by atoms with Crippen LogP contribution >= 0.6 is 0 Å². The van der Waals surface area contributed by atoms with Gasteiger partial charge in [0.2, 0.25) is 5.78 Å². The second-order valence-corrected chi connectivity index (χ2v) is 6.81. The maximum absolute atomic E-state index is 13.0. The molecule has 10 nitrogen and oxygen atoms in total. The Labute approximate surface area is 176 Å². The highest BCUT2D eigenvalue weighted by molar-refractivity contribution is 6.38. The number of Topliss-reactive ketones (excluding diaryl/α,β-unsaturated/α-hetero) is 1. The van der Waals surface area contributed by atoms with Crippen LogP contribution in [0.1, 0.15) is 21.9 Å². The zero-order chi connectivity index (χ0) is 22.0. The molecule has 0 radical (unpaired) electrons. The van der Waals surface area contributed by atoms with Crippen LogP contribution in [0.3, 0.4) is 0 Å². The molecule has 4 aromatic rings. The molecule has 2 amide bonds. The Hall–Kier alpha value is -4.34. The number of primary amides is 1. The van der Waals surface area contributed by atoms with E-state index >= 15 is 0 Å². The monoisotopic (exact) mass is 418 g/mol. The van der Waals surface area contributed by atoms with E-state index in [9.17, 15) is 14.4 Å². The molecule has 1 unspecified atom stereocenters. The van der Waals surface area contributed by atoms with Crippen LogP contribution in [0.25, 0.3) is 16.8 Å². The number of hydrogen-bond acceptors (Lipinski definition) is 7. The summed E-state index contributed by atoms with van der Waals surface area (Å²) in [5, 5.41) is 3.28. The van der Waals surface area contributed by atoms with Crippen molar-refractivity contribution in [3.8, 4) is 5.82 Å². The van der Waals surface area contributed by atoms with E-state index in [0.717, 1.165) is 0 Å². The maximum atomic E-state index is 13.0. The lowest BCUT2D eigenvalue weighted by Crippen LogP contribution is -2.47. The number of carbonyl (C=O) groups excluding carboxylic acids is 3. The van der Waals surface area contributed by atoms with Crippen molar-refractivity contribution in [3.63, 3.8) is 0 Å². The fourth-order valence-electron chi connectivity index (χ4n) is 3.29. The summed E-state index contributed by atoms with van der Waals surface area (Å²) in [6.07, 6.45) is 7.59. The number of rotatable bonds is 7. The summed E-state index contributed by atoms with van der Waals surface area (Å²) in [5.74, 6) is -1.64. The normalized spacial score (nSPS) is 11.9. The van der Waals surface area contributed by atoms with Gasteiger partial charge in [0.1, 0.15) is 29.0 Å². The number of pyridine rings is 2. The predicted octanol–water partition coefficient (Wildman–Crippen LogP) is 1.11. The van der Waals surface area contributed by atoms with Crippen LogP contribution in [-0.4, -0.2) is 43.2 Å². The third kappa shape index (κ3) is 3.90. The molecule has 0 bridgehead atoms. The molecular formula is C21H18N6O4. The van der Waals surface area contributed by atoms with Gasteiger partial charge in [0.25, 0.3) is 11.8 Å². The quantitative estimate of drug-likeness (QED) is 0.427. The lowest BCUT2D eigenvalue weighted by Gasteiger charge is -2.16. The number of nitrogens with two attached hydrogens (primary N) is 1. The largest absolute Gasteiger partial charge is 0.464 e. The summed E-state index contributed by atoms with van der Waals surface area (Å²) < 4.78 is 7.01. The molecule has 4 aromatic heterocycles. The average Bonchev–Trinajstić information content (AvgIpc) is 3.37. The molecule has 4 heterocycles. The van der Waals surface area contributed by atoms with Crippen LogP contribution in [-0.2, 0) is 16.0 Å². The molecule has 4 rings (SSSR count). The molecule has 0 aliphatic rings. The van der Waals surface area contributed by atoms with E-state index in [1.54, 1.807) is 54.3 Å². The second-order valence-electron chi connectivity index (χ2n) is 6.81. The molecule has 0 saturated carbocycles. The Balaban J connectivity index is 1.65. The first-order valence-corrected chi connectivity index (χ1v) is 9.36. The molecule has 156 valence electrons. The first kappa shape index (κ1) is 20.0. The first-order valence-electron chi connectivity index (χ1n) is 9.36. The lowest BCUT2D eigenvalue weighted by atomic mass is 10.0. The molecule has 3 N–H and O–H groups in total. The van der Waals surface area contributed by atoms with Crippen LogP contribution in [0.2, 0.25) is 0 Å². The first-order chi connectivity index (χ1) is 15.0. The summed E-state index contributed by atoms with van der Waals surface area (Å²) in [7, 11) is 0. The van der Waals surface area contributed by atoms with Gasteiger partial charge in [-0.2, -0.15) is 0 Å². The smallest absolute Gasteiger partial charge is 0.287 e. The number of aromatic nitrogens is 4. The number of nitrogens with zero attached hydrogens (tertiary/aromatic N) is 4. The summed E-state index contributed by atoms with van der Waals surface area (Å²) in [4.78, 5) is 49.6. The SMILES string of the molecule is Cc1ncc(C(=O)NC(Cc2coc3ccncc23)C(=O)C(N)=O)n1-c1ccccn1. The van der Waals surface area contributed by atoms with Gasteiger partial charge < -0.3 is 15.5 Å². The fourth-order valence-corrected chi connectivity index (χ4v) is 3.29. The van der Waals surface area contributed by atoms with Gasteiger partial charge in [-0.15, -0.1) is 0 Å². The standard InChI is InChI=1S/C21H18N6O4/c1-12-25-10-16(27(12)18-4-2-3-6-24-18)21(30)26-15(19(28)20(22)29)8-13-11-31-17-5-7-23-9-14(13)17/h2-7,9-11,15H,8H2,1H3,(H2,22,29)(H,26,30). The molecule has 0 spiro atoms. The Bertz CT molecular complexity index is 1280. The fraction of sp³-hybridized carbons (Fsp3) is 0.143. The minimum atomic E-state index is -1.20. The topological polar surface area (TPSA) is 146 Å². The van der Waals surface area contributed by atoms with Gasteiger partial charge in [0.15, 0.2) is 0 Å². The zero-order valence-corrected chi connectivity index (χ0v) is 16.5. The highest BCUT2D eigenvalue weighted by Gasteiger charge is 2.28. The van der Waals surface area contributed by atoms with Gasteiger partial charge in [0.05, 0.1) is 12.5 Å². The van der Waals surface area contributed by atoms with Gasteiger partial charge in [-0.1, -0.05) is 6.07 Å². The molecule has 0 aliphatic carbocycles. The molecule has 0 saturated heterocycles. The third-order valence-corrected chi connectivity index (χ3v) is 4.79. The van der Waals surface area contributed by atoms with Crippen molar-refractivity contribution in [2.75, 3.05) is 0 Å². The highest BCUT2D eigenvalue weighted by atomic mass is 16.3. The number of fused-ring (bicyclic) bond motifs is 1. The van der Waals surface area contributed by atoms with E-state index in [2.05, 4.69) is 20.3 Å². The molecule has 0 fully saturated rings. The Kier molecular flexibility index (Phi) is 5.27. The van der Waals surface area contributed by atoms with Crippen LogP contribution in [0.4, 0.5) is 0 Å². The van der Waals surface area contributed by atoms with E-state index in [4.69, 9.17) is 10.2 Å². The molecule has 10 heteroatoms. The lowest BCUT2D eigenvalue weighted by molar-refractivity contribution is -0.137. The number of ketones is 1. The minimum absolute atomic E-state index is 0.00289. The van der Waals surface area contributed by atoms with Gasteiger partial charge in [0, 0.05) is 36.0 Å². The number of furan rings is 1. The molecule has 0 aliphatic heterocycles. The summed E-state index contributed by atoms with van der Waals surface area (Å²) in [6.45, 7) is 1.72.